The van der Waals surface area contributed by atoms with E-state index < -0.39 is 0 Å². The summed E-state index contributed by atoms with van der Waals surface area (Å²) in [5.41, 5.74) is 2.79. The molecule has 2 aromatic carbocycles. The first-order valence-corrected chi connectivity index (χ1v) is 10.4. The van der Waals surface area contributed by atoms with Crippen LogP contribution in [0.25, 0.3) is 0 Å². The topological polar surface area (TPSA) is 54.2 Å². The van der Waals surface area contributed by atoms with Crippen molar-refractivity contribution in [2.75, 3.05) is 13.1 Å². The highest BCUT2D eigenvalue weighted by molar-refractivity contribution is 5.80. The molecule has 5 nitrogen and oxygen atoms in total. The van der Waals surface area contributed by atoms with Gasteiger partial charge >= 0.3 is 0 Å². The van der Waals surface area contributed by atoms with E-state index in [4.69, 9.17) is 0 Å². The van der Waals surface area contributed by atoms with Crippen molar-refractivity contribution in [2.24, 2.45) is 4.99 Å². The quantitative estimate of drug-likeness (QED) is 0.434. The molecule has 30 heavy (non-hydrogen) atoms. The van der Waals surface area contributed by atoms with Gasteiger partial charge in [-0.15, -0.1) is 0 Å². The Morgan fingerprint density at radius 1 is 1.20 bits per heavy atom. The fourth-order valence-electron chi connectivity index (χ4n) is 3.25. The highest BCUT2D eigenvalue weighted by Gasteiger charge is 2.10. The first kappa shape index (κ1) is 21.6. The summed E-state index contributed by atoms with van der Waals surface area (Å²) in [7, 11) is 0. The van der Waals surface area contributed by atoms with Gasteiger partial charge in [0.2, 0.25) is 0 Å². The van der Waals surface area contributed by atoms with Crippen molar-refractivity contribution >= 4 is 5.96 Å². The first-order valence-electron chi connectivity index (χ1n) is 10.4. The molecule has 0 aliphatic heterocycles. The van der Waals surface area contributed by atoms with E-state index in [1.54, 1.807) is 19.1 Å². The summed E-state index contributed by atoms with van der Waals surface area (Å²) in [6.07, 6.45) is 4.58. The number of aryl methyl sites for hydroxylation is 1. The normalized spacial score (nSPS) is 12.6. The fourth-order valence-corrected chi connectivity index (χ4v) is 3.25. The number of rotatable bonds is 8. The zero-order valence-corrected chi connectivity index (χ0v) is 17.9. The molecule has 0 fully saturated rings. The van der Waals surface area contributed by atoms with Gasteiger partial charge in [-0.25, -0.2) is 9.37 Å². The summed E-state index contributed by atoms with van der Waals surface area (Å²) in [6, 6.07) is 15.6. The SMILES string of the molecule is CCNC(=NCCc1nccn1Cc1ccccc1)NC(C)c1ccc(C)c(F)c1. The Kier molecular flexibility index (Phi) is 7.60. The van der Waals surface area contributed by atoms with Crippen LogP contribution in [0.4, 0.5) is 4.39 Å². The van der Waals surface area contributed by atoms with E-state index in [1.807, 2.05) is 50.5 Å². The maximum atomic E-state index is 13.9. The number of aromatic nitrogens is 2. The second-order valence-corrected chi connectivity index (χ2v) is 7.34. The molecule has 0 amide bonds. The smallest absolute Gasteiger partial charge is 0.191 e. The Hall–Kier alpha value is -3.15. The van der Waals surface area contributed by atoms with E-state index in [9.17, 15) is 4.39 Å². The van der Waals surface area contributed by atoms with E-state index in [2.05, 4.69) is 37.3 Å². The van der Waals surface area contributed by atoms with Gasteiger partial charge in [-0.3, -0.25) is 4.99 Å². The molecule has 0 aliphatic rings. The van der Waals surface area contributed by atoms with Crippen molar-refractivity contribution in [3.8, 4) is 0 Å². The highest BCUT2D eigenvalue weighted by atomic mass is 19.1. The number of nitrogens with zero attached hydrogens (tertiary/aromatic N) is 3. The second-order valence-electron chi connectivity index (χ2n) is 7.34. The van der Waals surface area contributed by atoms with Gasteiger partial charge in [-0.2, -0.15) is 0 Å². The predicted octanol–water partition coefficient (Wildman–Crippen LogP) is 4.24. The van der Waals surface area contributed by atoms with Gasteiger partial charge in [0.25, 0.3) is 0 Å². The molecule has 0 spiro atoms. The van der Waals surface area contributed by atoms with Crippen molar-refractivity contribution in [3.05, 3.63) is 89.3 Å². The summed E-state index contributed by atoms with van der Waals surface area (Å²) >= 11 is 0. The van der Waals surface area contributed by atoms with Crippen LogP contribution in [0.15, 0.2) is 65.9 Å². The van der Waals surface area contributed by atoms with Crippen molar-refractivity contribution in [2.45, 2.75) is 39.8 Å². The Morgan fingerprint density at radius 3 is 2.73 bits per heavy atom. The molecule has 0 bridgehead atoms. The van der Waals surface area contributed by atoms with Crippen LogP contribution >= 0.6 is 0 Å². The van der Waals surface area contributed by atoms with E-state index >= 15 is 0 Å². The Morgan fingerprint density at radius 2 is 2.00 bits per heavy atom. The van der Waals surface area contributed by atoms with E-state index in [0.717, 1.165) is 30.9 Å². The van der Waals surface area contributed by atoms with Crippen LogP contribution in [-0.4, -0.2) is 28.6 Å². The van der Waals surface area contributed by atoms with Crippen LogP contribution in [0.2, 0.25) is 0 Å². The minimum absolute atomic E-state index is 0.0574. The lowest BCUT2D eigenvalue weighted by molar-refractivity contribution is 0.607. The molecule has 0 saturated heterocycles. The predicted molar refractivity (Wildman–Crippen MR) is 120 cm³/mol. The van der Waals surface area contributed by atoms with Gasteiger partial charge in [0.15, 0.2) is 5.96 Å². The van der Waals surface area contributed by atoms with Crippen LogP contribution in [-0.2, 0) is 13.0 Å². The molecule has 3 aromatic rings. The summed E-state index contributed by atoms with van der Waals surface area (Å²) < 4.78 is 16.1. The molecule has 1 aromatic heterocycles. The molecule has 0 radical (unpaired) electrons. The molecule has 0 aliphatic carbocycles. The van der Waals surface area contributed by atoms with Gasteiger partial charge in [0, 0.05) is 38.4 Å². The average molecular weight is 408 g/mol. The van der Waals surface area contributed by atoms with Gasteiger partial charge in [-0.1, -0.05) is 42.5 Å². The van der Waals surface area contributed by atoms with Crippen molar-refractivity contribution in [1.29, 1.82) is 0 Å². The van der Waals surface area contributed by atoms with Gasteiger partial charge in [-0.05, 0) is 43.5 Å². The lowest BCUT2D eigenvalue weighted by Crippen LogP contribution is -2.39. The number of hydrogen-bond donors (Lipinski definition) is 2. The maximum Gasteiger partial charge on any atom is 0.191 e. The molecular formula is C24H30FN5. The second kappa shape index (κ2) is 10.6. The third-order valence-electron chi connectivity index (χ3n) is 5.00. The average Bonchev–Trinajstić information content (AvgIpc) is 3.17. The van der Waals surface area contributed by atoms with Gasteiger partial charge < -0.3 is 15.2 Å². The molecule has 6 heteroatoms. The third-order valence-corrected chi connectivity index (χ3v) is 5.00. The number of imidazole rings is 1. The number of halogens is 1. The lowest BCUT2D eigenvalue weighted by Gasteiger charge is -2.18. The lowest BCUT2D eigenvalue weighted by atomic mass is 10.1. The molecule has 3 rings (SSSR count). The molecule has 0 saturated carbocycles. The monoisotopic (exact) mass is 407 g/mol. The van der Waals surface area contributed by atoms with Crippen LogP contribution in [0, 0.1) is 12.7 Å². The van der Waals surface area contributed by atoms with Crippen molar-refractivity contribution in [1.82, 2.24) is 20.2 Å². The summed E-state index contributed by atoms with van der Waals surface area (Å²) in [6.45, 7) is 7.96. The summed E-state index contributed by atoms with van der Waals surface area (Å²) in [4.78, 5) is 9.18. The minimum atomic E-state index is -0.187. The largest absolute Gasteiger partial charge is 0.357 e. The molecule has 1 unspecified atom stereocenters. The summed E-state index contributed by atoms with van der Waals surface area (Å²) in [5.74, 6) is 1.53. The first-order chi connectivity index (χ1) is 14.6. The van der Waals surface area contributed by atoms with Crippen LogP contribution in [0.3, 0.4) is 0 Å². The van der Waals surface area contributed by atoms with Crippen molar-refractivity contribution in [3.63, 3.8) is 0 Å². The van der Waals surface area contributed by atoms with E-state index in [1.165, 1.54) is 5.56 Å². The number of hydrogen-bond acceptors (Lipinski definition) is 2. The molecule has 158 valence electrons. The molecular weight excluding hydrogens is 377 g/mol. The zero-order valence-electron chi connectivity index (χ0n) is 17.9. The zero-order chi connectivity index (χ0) is 21.3. The Balaban J connectivity index is 1.61. The molecule has 1 heterocycles. The number of nitrogens with one attached hydrogen (secondary N) is 2. The number of guanidine groups is 1. The third kappa shape index (κ3) is 5.92. The Bertz CT molecular complexity index is 965. The number of aliphatic imine (C=N–C) groups is 1. The standard InChI is InChI=1S/C24H30FN5/c1-4-26-24(29-19(3)21-11-10-18(2)22(25)16-21)28-13-12-23-27-14-15-30(23)17-20-8-6-5-7-9-20/h5-11,14-16,19H,4,12-13,17H2,1-3H3,(H2,26,28,29). The van der Waals surface area contributed by atoms with Crippen LogP contribution in [0.1, 0.15) is 42.4 Å². The minimum Gasteiger partial charge on any atom is -0.357 e. The van der Waals surface area contributed by atoms with Crippen LogP contribution < -0.4 is 10.6 Å². The summed E-state index contributed by atoms with van der Waals surface area (Å²) in [5, 5.41) is 6.62. The van der Waals surface area contributed by atoms with E-state index in [0.29, 0.717) is 18.1 Å². The van der Waals surface area contributed by atoms with Crippen LogP contribution in [0.5, 0.6) is 0 Å². The molecule has 1 atom stereocenters. The highest BCUT2D eigenvalue weighted by Crippen LogP contribution is 2.16. The van der Waals surface area contributed by atoms with E-state index in [-0.39, 0.29) is 11.9 Å². The number of benzene rings is 2. The fraction of sp³-hybridized carbons (Fsp3) is 0.333. The van der Waals surface area contributed by atoms with Crippen molar-refractivity contribution < 1.29 is 4.39 Å². The van der Waals surface area contributed by atoms with Gasteiger partial charge in [0.05, 0.1) is 6.04 Å². The Labute approximate surface area is 178 Å². The maximum absolute atomic E-state index is 13.9. The van der Waals surface area contributed by atoms with Gasteiger partial charge in [0.1, 0.15) is 11.6 Å². The molecule has 2 N–H and O–H groups in total.